The number of anilines is 1. The number of benzene rings is 1. The lowest BCUT2D eigenvalue weighted by molar-refractivity contribution is 0.288. The third-order valence-corrected chi connectivity index (χ3v) is 3.47. The maximum atomic E-state index is 8.98. The fraction of sp³-hybridized carbons (Fsp3) is 0.600. The number of aliphatic hydroxyl groups excluding tert-OH is 1. The molecule has 0 aromatic heterocycles. The van der Waals surface area contributed by atoms with E-state index >= 15 is 0 Å². The van der Waals surface area contributed by atoms with Crippen LogP contribution in [0.15, 0.2) is 18.2 Å². The van der Waals surface area contributed by atoms with Crippen molar-refractivity contribution in [1.29, 1.82) is 0 Å². The van der Waals surface area contributed by atoms with E-state index in [1.54, 1.807) is 0 Å². The Morgan fingerprint density at radius 1 is 1.37 bits per heavy atom. The Balaban J connectivity index is 2.83. The first-order valence-corrected chi connectivity index (χ1v) is 7.34. The Labute approximate surface area is 121 Å². The molecule has 108 valence electrons. The molecule has 0 aliphatic heterocycles. The fourth-order valence-electron chi connectivity index (χ4n) is 2.04. The van der Waals surface area contributed by atoms with Gasteiger partial charge in [0.25, 0.3) is 0 Å². The first kappa shape index (κ1) is 16.3. The van der Waals surface area contributed by atoms with Gasteiger partial charge in [-0.25, -0.2) is 0 Å². The number of hydrogen-bond acceptors (Lipinski definition) is 3. The molecule has 19 heavy (non-hydrogen) atoms. The number of halogens is 1. The van der Waals surface area contributed by atoms with Crippen LogP contribution in [0.4, 0.5) is 5.69 Å². The molecule has 1 rings (SSSR count). The van der Waals surface area contributed by atoms with Gasteiger partial charge in [-0.2, -0.15) is 0 Å². The van der Waals surface area contributed by atoms with Crippen LogP contribution >= 0.6 is 11.6 Å². The van der Waals surface area contributed by atoms with E-state index in [0.29, 0.717) is 6.04 Å². The van der Waals surface area contributed by atoms with Gasteiger partial charge >= 0.3 is 0 Å². The van der Waals surface area contributed by atoms with Gasteiger partial charge in [-0.05, 0) is 44.5 Å². The van der Waals surface area contributed by atoms with Gasteiger partial charge in [0, 0.05) is 36.4 Å². The summed E-state index contributed by atoms with van der Waals surface area (Å²) in [6.07, 6.45) is 0.773. The molecule has 4 heteroatoms. The Morgan fingerprint density at radius 2 is 2.11 bits per heavy atom. The summed E-state index contributed by atoms with van der Waals surface area (Å²) in [7, 11) is 0. The summed E-state index contributed by atoms with van der Waals surface area (Å²) in [5, 5.41) is 13.1. The largest absolute Gasteiger partial charge is 0.396 e. The summed E-state index contributed by atoms with van der Waals surface area (Å²) in [5.41, 5.74) is 2.24. The van der Waals surface area contributed by atoms with Crippen LogP contribution in [0, 0.1) is 0 Å². The van der Waals surface area contributed by atoms with Crippen molar-refractivity contribution in [1.82, 2.24) is 5.32 Å². The van der Waals surface area contributed by atoms with Crippen LogP contribution < -0.4 is 10.2 Å². The van der Waals surface area contributed by atoms with Crippen molar-refractivity contribution < 1.29 is 5.11 Å². The Kier molecular flexibility index (Phi) is 7.21. The zero-order valence-electron chi connectivity index (χ0n) is 12.1. The number of rotatable bonds is 8. The van der Waals surface area contributed by atoms with E-state index < -0.39 is 0 Å². The van der Waals surface area contributed by atoms with Crippen LogP contribution in [0.2, 0.25) is 5.02 Å². The third-order valence-electron chi connectivity index (χ3n) is 3.11. The lowest BCUT2D eigenvalue weighted by atomic mass is 10.1. The molecule has 3 nitrogen and oxygen atoms in total. The highest BCUT2D eigenvalue weighted by Crippen LogP contribution is 2.25. The van der Waals surface area contributed by atoms with E-state index in [1.807, 2.05) is 6.07 Å². The zero-order chi connectivity index (χ0) is 14.3. The molecule has 0 radical (unpaired) electrons. The SMILES string of the molecule is CCNCc1ccc(N(CCCO)C(C)C)cc1Cl. The smallest absolute Gasteiger partial charge is 0.0471 e. The standard InChI is InChI=1S/C15H25ClN2O/c1-4-17-11-13-6-7-14(10-15(13)16)18(12(2)3)8-5-9-19/h6-7,10,12,17,19H,4-5,8-9,11H2,1-3H3. The van der Waals surface area contributed by atoms with Crippen molar-refractivity contribution in [2.45, 2.75) is 39.8 Å². The summed E-state index contributed by atoms with van der Waals surface area (Å²) in [4.78, 5) is 2.26. The van der Waals surface area contributed by atoms with Gasteiger partial charge in [0.15, 0.2) is 0 Å². The van der Waals surface area contributed by atoms with Gasteiger partial charge in [0.05, 0.1) is 0 Å². The van der Waals surface area contributed by atoms with Crippen molar-refractivity contribution >= 4 is 17.3 Å². The quantitative estimate of drug-likeness (QED) is 0.770. The topological polar surface area (TPSA) is 35.5 Å². The van der Waals surface area contributed by atoms with Gasteiger partial charge in [0.2, 0.25) is 0 Å². The highest BCUT2D eigenvalue weighted by atomic mass is 35.5. The molecule has 1 aromatic rings. The highest BCUT2D eigenvalue weighted by molar-refractivity contribution is 6.31. The van der Waals surface area contributed by atoms with E-state index in [-0.39, 0.29) is 6.61 Å². The maximum Gasteiger partial charge on any atom is 0.0471 e. The molecule has 0 saturated carbocycles. The molecular weight excluding hydrogens is 260 g/mol. The Hall–Kier alpha value is -0.770. The molecule has 2 N–H and O–H groups in total. The third kappa shape index (κ3) is 5.01. The van der Waals surface area contributed by atoms with Gasteiger partial charge in [-0.1, -0.05) is 24.6 Å². The van der Waals surface area contributed by atoms with Gasteiger partial charge < -0.3 is 15.3 Å². The molecule has 0 atom stereocenters. The van der Waals surface area contributed by atoms with Crippen LogP contribution in [0.25, 0.3) is 0 Å². The molecule has 1 aromatic carbocycles. The first-order chi connectivity index (χ1) is 9.10. The number of nitrogens with zero attached hydrogens (tertiary/aromatic N) is 1. The Bertz CT molecular complexity index is 382. The van der Waals surface area contributed by atoms with Crippen LogP contribution in [-0.4, -0.2) is 30.8 Å². The van der Waals surface area contributed by atoms with Crippen molar-refractivity contribution in [2.75, 3.05) is 24.6 Å². The second-order valence-corrected chi connectivity index (χ2v) is 5.33. The van der Waals surface area contributed by atoms with Crippen molar-refractivity contribution in [3.8, 4) is 0 Å². The lowest BCUT2D eigenvalue weighted by Crippen LogP contribution is -2.32. The van der Waals surface area contributed by atoms with Crippen molar-refractivity contribution in [2.24, 2.45) is 0 Å². The predicted octanol–water partition coefficient (Wildman–Crippen LogP) is 3.05. The average molecular weight is 285 g/mol. The van der Waals surface area contributed by atoms with Gasteiger partial charge in [-0.15, -0.1) is 0 Å². The number of aliphatic hydroxyl groups is 1. The lowest BCUT2D eigenvalue weighted by Gasteiger charge is -2.29. The maximum absolute atomic E-state index is 8.98. The monoisotopic (exact) mass is 284 g/mol. The summed E-state index contributed by atoms with van der Waals surface area (Å²) >= 11 is 6.33. The van der Waals surface area contributed by atoms with E-state index in [4.69, 9.17) is 16.7 Å². The second kappa shape index (κ2) is 8.41. The molecule has 0 amide bonds. The minimum atomic E-state index is 0.218. The molecule has 0 spiro atoms. The molecular formula is C15H25ClN2O. The van der Waals surface area contributed by atoms with E-state index in [0.717, 1.165) is 42.3 Å². The second-order valence-electron chi connectivity index (χ2n) is 4.92. The minimum Gasteiger partial charge on any atom is -0.396 e. The van der Waals surface area contributed by atoms with E-state index in [2.05, 4.69) is 43.1 Å². The summed E-state index contributed by atoms with van der Waals surface area (Å²) in [5.74, 6) is 0. The van der Waals surface area contributed by atoms with E-state index in [9.17, 15) is 0 Å². The zero-order valence-corrected chi connectivity index (χ0v) is 12.9. The normalized spacial score (nSPS) is 11.1. The number of hydrogen-bond donors (Lipinski definition) is 2. The molecule has 0 saturated heterocycles. The van der Waals surface area contributed by atoms with Gasteiger partial charge in [-0.3, -0.25) is 0 Å². The van der Waals surface area contributed by atoms with Crippen LogP contribution in [0.5, 0.6) is 0 Å². The highest BCUT2D eigenvalue weighted by Gasteiger charge is 2.11. The van der Waals surface area contributed by atoms with Crippen molar-refractivity contribution in [3.05, 3.63) is 28.8 Å². The molecule has 0 unspecified atom stereocenters. The molecule has 0 bridgehead atoms. The molecule has 0 heterocycles. The molecule has 0 aliphatic rings. The molecule has 0 aliphatic carbocycles. The minimum absolute atomic E-state index is 0.218. The van der Waals surface area contributed by atoms with Gasteiger partial charge in [0.1, 0.15) is 0 Å². The van der Waals surface area contributed by atoms with Crippen LogP contribution in [0.1, 0.15) is 32.8 Å². The van der Waals surface area contributed by atoms with Crippen LogP contribution in [0.3, 0.4) is 0 Å². The average Bonchev–Trinajstić information content (AvgIpc) is 2.38. The molecule has 0 fully saturated rings. The Morgan fingerprint density at radius 3 is 2.63 bits per heavy atom. The fourth-order valence-corrected chi connectivity index (χ4v) is 2.29. The summed E-state index contributed by atoms with van der Waals surface area (Å²) in [6.45, 7) is 9.18. The summed E-state index contributed by atoms with van der Waals surface area (Å²) < 4.78 is 0. The first-order valence-electron chi connectivity index (χ1n) is 6.96. The van der Waals surface area contributed by atoms with Crippen molar-refractivity contribution in [3.63, 3.8) is 0 Å². The predicted molar refractivity (Wildman–Crippen MR) is 83.0 cm³/mol. The van der Waals surface area contributed by atoms with E-state index in [1.165, 1.54) is 0 Å². The summed E-state index contributed by atoms with van der Waals surface area (Å²) in [6, 6.07) is 6.60. The number of nitrogens with one attached hydrogen (secondary N) is 1. The van der Waals surface area contributed by atoms with Crippen LogP contribution in [-0.2, 0) is 6.54 Å².